The first-order chi connectivity index (χ1) is 9.06. The summed E-state index contributed by atoms with van der Waals surface area (Å²) in [6.45, 7) is 0. The Labute approximate surface area is 112 Å². The molecule has 0 aromatic heterocycles. The third-order valence-corrected chi connectivity index (χ3v) is 2.25. The molecule has 0 heterocycles. The van der Waals surface area contributed by atoms with Gasteiger partial charge in [-0.05, 0) is 24.3 Å². The first kappa shape index (κ1) is 14.5. The number of rotatable bonds is 3. The maximum atomic E-state index is 11.3. The molecule has 1 rings (SSSR count). The molecule has 0 fully saturated rings. The molecule has 4 heteroatoms. The van der Waals surface area contributed by atoms with E-state index in [2.05, 4.69) is 11.8 Å². The van der Waals surface area contributed by atoms with Gasteiger partial charge in [0.05, 0.1) is 12.7 Å². The zero-order valence-electron chi connectivity index (χ0n) is 11.1. The van der Waals surface area contributed by atoms with E-state index in [9.17, 15) is 9.59 Å². The predicted molar refractivity (Wildman–Crippen MR) is 72.7 cm³/mol. The molecule has 4 nitrogen and oxygen atoms in total. The molecule has 0 saturated heterocycles. The van der Waals surface area contributed by atoms with Crippen molar-refractivity contribution >= 4 is 11.7 Å². The Balaban J connectivity index is 2.75. The number of benzene rings is 1. The SMILES string of the molecule is COc1ccccc1C#C/C=C/C(=O)C(=O)N(C)C. The standard InChI is InChI=1S/C15H15NO3/c1-16(2)15(18)13(17)10-6-4-8-12-9-5-7-11-14(12)19-3/h5-7,9-11H,1-3H3/b10-6+. The molecule has 0 aliphatic rings. The van der Waals surface area contributed by atoms with Gasteiger partial charge < -0.3 is 9.64 Å². The monoisotopic (exact) mass is 257 g/mol. The molecule has 19 heavy (non-hydrogen) atoms. The first-order valence-electron chi connectivity index (χ1n) is 5.63. The zero-order chi connectivity index (χ0) is 14.3. The highest BCUT2D eigenvalue weighted by Crippen LogP contribution is 2.15. The van der Waals surface area contributed by atoms with Crippen molar-refractivity contribution in [2.75, 3.05) is 21.2 Å². The topological polar surface area (TPSA) is 46.6 Å². The summed E-state index contributed by atoms with van der Waals surface area (Å²) >= 11 is 0. The highest BCUT2D eigenvalue weighted by molar-refractivity contribution is 6.40. The van der Waals surface area contributed by atoms with Crippen LogP contribution in [0.15, 0.2) is 36.4 Å². The smallest absolute Gasteiger partial charge is 0.293 e. The number of carbonyl (C=O) groups excluding carboxylic acids is 2. The van der Waals surface area contributed by atoms with Crippen LogP contribution in [0.1, 0.15) is 5.56 Å². The van der Waals surface area contributed by atoms with Crippen LogP contribution in [0, 0.1) is 11.8 Å². The maximum absolute atomic E-state index is 11.3. The molecule has 0 saturated carbocycles. The number of hydrogen-bond acceptors (Lipinski definition) is 3. The second-order valence-electron chi connectivity index (χ2n) is 3.87. The van der Waals surface area contributed by atoms with Crippen LogP contribution in [0.5, 0.6) is 5.75 Å². The number of ketones is 1. The number of likely N-dealkylation sites (N-methyl/N-ethyl adjacent to an activating group) is 1. The summed E-state index contributed by atoms with van der Waals surface area (Å²) in [5, 5.41) is 0. The number of para-hydroxylation sites is 1. The minimum Gasteiger partial charge on any atom is -0.495 e. The highest BCUT2D eigenvalue weighted by Gasteiger charge is 2.10. The van der Waals surface area contributed by atoms with Crippen LogP contribution in [-0.2, 0) is 9.59 Å². The summed E-state index contributed by atoms with van der Waals surface area (Å²) in [4.78, 5) is 23.8. The van der Waals surface area contributed by atoms with Crippen LogP contribution in [-0.4, -0.2) is 37.8 Å². The van der Waals surface area contributed by atoms with Crippen molar-refractivity contribution in [1.82, 2.24) is 4.90 Å². The second-order valence-corrected chi connectivity index (χ2v) is 3.87. The normalized spacial score (nSPS) is 9.63. The minimum atomic E-state index is -0.598. The van der Waals surface area contributed by atoms with Gasteiger partial charge >= 0.3 is 0 Å². The molecule has 0 aliphatic carbocycles. The van der Waals surface area contributed by atoms with Crippen LogP contribution >= 0.6 is 0 Å². The van der Waals surface area contributed by atoms with Gasteiger partial charge in [0.25, 0.3) is 5.91 Å². The van der Waals surface area contributed by atoms with Crippen molar-refractivity contribution < 1.29 is 14.3 Å². The molecular weight excluding hydrogens is 242 g/mol. The van der Waals surface area contributed by atoms with Gasteiger partial charge in [-0.2, -0.15) is 0 Å². The van der Waals surface area contributed by atoms with E-state index in [1.54, 1.807) is 13.2 Å². The largest absolute Gasteiger partial charge is 0.495 e. The molecule has 0 atom stereocenters. The second kappa shape index (κ2) is 7.02. The summed E-state index contributed by atoms with van der Waals surface area (Å²) < 4.78 is 5.14. The zero-order valence-corrected chi connectivity index (χ0v) is 11.1. The van der Waals surface area contributed by atoms with Crippen molar-refractivity contribution in [2.24, 2.45) is 0 Å². The Hall–Kier alpha value is -2.54. The van der Waals surface area contributed by atoms with E-state index < -0.39 is 11.7 Å². The molecule has 0 spiro atoms. The molecule has 0 radical (unpaired) electrons. The lowest BCUT2D eigenvalue weighted by Gasteiger charge is -2.05. The van der Waals surface area contributed by atoms with Gasteiger partial charge in [0.15, 0.2) is 0 Å². The van der Waals surface area contributed by atoms with Crippen LogP contribution < -0.4 is 4.74 Å². The average molecular weight is 257 g/mol. The first-order valence-corrected chi connectivity index (χ1v) is 5.63. The van der Waals surface area contributed by atoms with E-state index in [-0.39, 0.29) is 0 Å². The Bertz CT molecular complexity index is 562. The fourth-order valence-corrected chi connectivity index (χ4v) is 1.28. The van der Waals surface area contributed by atoms with Gasteiger partial charge in [-0.15, -0.1) is 0 Å². The number of allylic oxidation sites excluding steroid dienone is 1. The fourth-order valence-electron chi connectivity index (χ4n) is 1.28. The summed E-state index contributed by atoms with van der Waals surface area (Å²) in [7, 11) is 4.61. The van der Waals surface area contributed by atoms with Crippen LogP contribution in [0.4, 0.5) is 0 Å². The fraction of sp³-hybridized carbons (Fsp3) is 0.200. The van der Waals surface area contributed by atoms with E-state index in [0.29, 0.717) is 5.75 Å². The van der Waals surface area contributed by atoms with Crippen molar-refractivity contribution in [3.8, 4) is 17.6 Å². The van der Waals surface area contributed by atoms with Gasteiger partial charge in [-0.1, -0.05) is 24.0 Å². The van der Waals surface area contributed by atoms with Gasteiger partial charge in [0, 0.05) is 14.1 Å². The van der Waals surface area contributed by atoms with Crippen molar-refractivity contribution in [3.05, 3.63) is 42.0 Å². The molecular formula is C15H15NO3. The Morgan fingerprint density at radius 3 is 2.58 bits per heavy atom. The van der Waals surface area contributed by atoms with E-state index in [4.69, 9.17) is 4.74 Å². The summed E-state index contributed by atoms with van der Waals surface area (Å²) in [5.41, 5.74) is 0.723. The van der Waals surface area contributed by atoms with Crippen LogP contribution in [0.3, 0.4) is 0 Å². The lowest BCUT2D eigenvalue weighted by molar-refractivity contribution is -0.140. The predicted octanol–water partition coefficient (Wildman–Crippen LogP) is 1.26. The quantitative estimate of drug-likeness (QED) is 0.465. The number of methoxy groups -OCH3 is 1. The van der Waals surface area contributed by atoms with Crippen molar-refractivity contribution in [2.45, 2.75) is 0 Å². The maximum Gasteiger partial charge on any atom is 0.293 e. The highest BCUT2D eigenvalue weighted by atomic mass is 16.5. The molecule has 0 unspecified atom stereocenters. The van der Waals surface area contributed by atoms with Crippen molar-refractivity contribution in [1.29, 1.82) is 0 Å². The van der Waals surface area contributed by atoms with Gasteiger partial charge in [0.2, 0.25) is 5.78 Å². The Kier molecular flexibility index (Phi) is 5.36. The number of carbonyl (C=O) groups is 2. The molecule has 0 aliphatic heterocycles. The van der Waals surface area contributed by atoms with Gasteiger partial charge in [-0.25, -0.2) is 0 Å². The van der Waals surface area contributed by atoms with E-state index in [0.717, 1.165) is 11.6 Å². The number of nitrogens with zero attached hydrogens (tertiary/aromatic N) is 1. The third kappa shape index (κ3) is 4.32. The van der Waals surface area contributed by atoms with Crippen LogP contribution in [0.25, 0.3) is 0 Å². The molecule has 0 N–H and O–H groups in total. The van der Waals surface area contributed by atoms with Crippen LogP contribution in [0.2, 0.25) is 0 Å². The lowest BCUT2D eigenvalue weighted by Crippen LogP contribution is -2.28. The molecule has 98 valence electrons. The molecule has 1 aromatic carbocycles. The number of hydrogen-bond donors (Lipinski definition) is 0. The van der Waals surface area contributed by atoms with Crippen molar-refractivity contribution in [3.63, 3.8) is 0 Å². The summed E-state index contributed by atoms with van der Waals surface area (Å²) in [5.74, 6) is 5.04. The molecule has 0 bridgehead atoms. The lowest BCUT2D eigenvalue weighted by atomic mass is 10.2. The summed E-state index contributed by atoms with van der Waals surface area (Å²) in [6.07, 6.45) is 2.51. The van der Waals surface area contributed by atoms with E-state index in [1.165, 1.54) is 25.1 Å². The third-order valence-electron chi connectivity index (χ3n) is 2.25. The van der Waals surface area contributed by atoms with Gasteiger partial charge in [-0.3, -0.25) is 9.59 Å². The average Bonchev–Trinajstić information content (AvgIpc) is 2.42. The molecule has 1 aromatic rings. The Morgan fingerprint density at radius 2 is 1.95 bits per heavy atom. The minimum absolute atomic E-state index is 0.574. The van der Waals surface area contributed by atoms with E-state index >= 15 is 0 Å². The van der Waals surface area contributed by atoms with Gasteiger partial charge in [0.1, 0.15) is 5.75 Å². The van der Waals surface area contributed by atoms with E-state index in [1.807, 2.05) is 18.2 Å². The summed E-state index contributed by atoms with van der Waals surface area (Å²) in [6, 6.07) is 7.30. The Morgan fingerprint density at radius 1 is 1.26 bits per heavy atom. The number of amides is 1. The molecule has 1 amide bonds. The number of ether oxygens (including phenoxy) is 1.